The van der Waals surface area contributed by atoms with Crippen LogP contribution in [0.15, 0.2) is 0 Å². The number of amides is 1. The number of rotatable bonds is 6. The van der Waals surface area contributed by atoms with Gasteiger partial charge in [-0.25, -0.2) is 9.97 Å². The molecule has 0 spiro atoms. The molecule has 1 saturated heterocycles. The topological polar surface area (TPSA) is 75.6 Å². The Balaban J connectivity index is 2.05. The minimum absolute atomic E-state index is 0.0176. The average molecular weight is 377 g/mol. The van der Waals surface area contributed by atoms with Gasteiger partial charge in [0.1, 0.15) is 11.6 Å². The second kappa shape index (κ2) is 9.67. The molecule has 7 heteroatoms. The first kappa shape index (κ1) is 21.1. The Bertz CT molecular complexity index is 675. The van der Waals surface area contributed by atoms with E-state index >= 15 is 0 Å². The van der Waals surface area contributed by atoms with Crippen LogP contribution in [0.5, 0.6) is 0 Å². The zero-order valence-electron chi connectivity index (χ0n) is 17.2. The van der Waals surface area contributed by atoms with Crippen LogP contribution in [0, 0.1) is 13.8 Å². The Morgan fingerprint density at radius 2 is 1.81 bits per heavy atom. The molecule has 1 aliphatic heterocycles. The summed E-state index contributed by atoms with van der Waals surface area (Å²) >= 11 is 0. The predicted molar refractivity (Wildman–Crippen MR) is 105 cm³/mol. The normalized spacial score (nSPS) is 15.0. The van der Waals surface area contributed by atoms with Crippen molar-refractivity contribution in [2.24, 2.45) is 0 Å². The van der Waals surface area contributed by atoms with Crippen LogP contribution in [0.3, 0.4) is 0 Å². The number of esters is 1. The molecule has 2 rings (SSSR count). The first-order valence-electron chi connectivity index (χ1n) is 9.87. The molecule has 1 aromatic rings. The molecule has 1 fully saturated rings. The molecule has 1 aliphatic rings. The summed E-state index contributed by atoms with van der Waals surface area (Å²) < 4.78 is 4.91. The Morgan fingerprint density at radius 3 is 2.48 bits per heavy atom. The van der Waals surface area contributed by atoms with E-state index < -0.39 is 0 Å². The number of anilines is 1. The standard InChI is InChI=1S/C20H32N4O3/c1-6-27-18(26)9-8-17(25)23-10-7-11-24(13-12-23)20-19(14(2)3)15(4)21-16(5)22-20/h14H,6-13H2,1-5H3. The van der Waals surface area contributed by atoms with Crippen molar-refractivity contribution in [3.63, 3.8) is 0 Å². The van der Waals surface area contributed by atoms with E-state index in [-0.39, 0.29) is 24.7 Å². The number of carbonyl (C=O) groups excluding carboxylic acids is 2. The number of hydrogen-bond acceptors (Lipinski definition) is 6. The largest absolute Gasteiger partial charge is 0.466 e. The Hall–Kier alpha value is -2.18. The number of ether oxygens (including phenoxy) is 1. The van der Waals surface area contributed by atoms with Crippen LogP contribution >= 0.6 is 0 Å². The molecule has 0 N–H and O–H groups in total. The number of carbonyl (C=O) groups is 2. The van der Waals surface area contributed by atoms with Gasteiger partial charge in [-0.05, 0) is 33.1 Å². The van der Waals surface area contributed by atoms with Crippen molar-refractivity contribution in [3.05, 3.63) is 17.1 Å². The van der Waals surface area contributed by atoms with E-state index in [1.165, 1.54) is 5.56 Å². The van der Waals surface area contributed by atoms with Gasteiger partial charge in [0.25, 0.3) is 0 Å². The van der Waals surface area contributed by atoms with Crippen molar-refractivity contribution in [2.75, 3.05) is 37.7 Å². The maximum atomic E-state index is 12.5. The average Bonchev–Trinajstić information content (AvgIpc) is 2.85. The highest BCUT2D eigenvalue weighted by atomic mass is 16.5. The van der Waals surface area contributed by atoms with Crippen molar-refractivity contribution in [3.8, 4) is 0 Å². The quantitative estimate of drug-likeness (QED) is 0.711. The third kappa shape index (κ3) is 5.65. The van der Waals surface area contributed by atoms with Gasteiger partial charge in [0.05, 0.1) is 13.0 Å². The fraction of sp³-hybridized carbons (Fsp3) is 0.700. The summed E-state index contributed by atoms with van der Waals surface area (Å²) in [6.45, 7) is 13.3. The third-order valence-corrected chi connectivity index (χ3v) is 4.80. The summed E-state index contributed by atoms with van der Waals surface area (Å²) in [5.41, 5.74) is 2.21. The summed E-state index contributed by atoms with van der Waals surface area (Å²) in [6.07, 6.45) is 1.24. The molecule has 7 nitrogen and oxygen atoms in total. The summed E-state index contributed by atoms with van der Waals surface area (Å²) in [5.74, 6) is 1.82. The number of aromatic nitrogens is 2. The molecule has 0 unspecified atom stereocenters. The van der Waals surface area contributed by atoms with E-state index in [1.54, 1.807) is 6.92 Å². The maximum Gasteiger partial charge on any atom is 0.306 e. The van der Waals surface area contributed by atoms with E-state index in [2.05, 4.69) is 23.7 Å². The van der Waals surface area contributed by atoms with E-state index in [0.29, 0.717) is 25.6 Å². The zero-order valence-corrected chi connectivity index (χ0v) is 17.2. The fourth-order valence-electron chi connectivity index (χ4n) is 3.60. The van der Waals surface area contributed by atoms with E-state index in [9.17, 15) is 9.59 Å². The maximum absolute atomic E-state index is 12.5. The van der Waals surface area contributed by atoms with Crippen LogP contribution in [-0.2, 0) is 14.3 Å². The molecule has 0 saturated carbocycles. The number of aryl methyl sites for hydroxylation is 2. The number of hydrogen-bond donors (Lipinski definition) is 0. The highest BCUT2D eigenvalue weighted by molar-refractivity contribution is 5.81. The van der Waals surface area contributed by atoms with Gasteiger partial charge in [0.15, 0.2) is 0 Å². The smallest absolute Gasteiger partial charge is 0.306 e. The molecule has 2 heterocycles. The predicted octanol–water partition coefficient (Wildman–Crippen LogP) is 2.60. The highest BCUT2D eigenvalue weighted by Crippen LogP contribution is 2.29. The van der Waals surface area contributed by atoms with Crippen LogP contribution in [0.4, 0.5) is 5.82 Å². The van der Waals surface area contributed by atoms with Crippen molar-refractivity contribution in [1.82, 2.24) is 14.9 Å². The Kier molecular flexibility index (Phi) is 7.56. The molecule has 27 heavy (non-hydrogen) atoms. The van der Waals surface area contributed by atoms with Gasteiger partial charge in [0, 0.05) is 43.9 Å². The zero-order chi connectivity index (χ0) is 20.0. The summed E-state index contributed by atoms with van der Waals surface area (Å²) in [6, 6.07) is 0. The number of nitrogens with zero attached hydrogens (tertiary/aromatic N) is 4. The lowest BCUT2D eigenvalue weighted by Crippen LogP contribution is -2.36. The molecule has 0 radical (unpaired) electrons. The molecule has 0 aromatic carbocycles. The SMILES string of the molecule is CCOC(=O)CCC(=O)N1CCCN(c2nc(C)nc(C)c2C(C)C)CC1. The van der Waals surface area contributed by atoms with Gasteiger partial charge in [0.2, 0.25) is 5.91 Å². The molecule has 0 atom stereocenters. The van der Waals surface area contributed by atoms with Crippen molar-refractivity contribution < 1.29 is 14.3 Å². The summed E-state index contributed by atoms with van der Waals surface area (Å²) in [7, 11) is 0. The lowest BCUT2D eigenvalue weighted by Gasteiger charge is -2.27. The molecular formula is C20H32N4O3. The molecule has 1 aromatic heterocycles. The lowest BCUT2D eigenvalue weighted by atomic mass is 10.0. The van der Waals surface area contributed by atoms with Gasteiger partial charge in [-0.15, -0.1) is 0 Å². The highest BCUT2D eigenvalue weighted by Gasteiger charge is 2.24. The van der Waals surface area contributed by atoms with Crippen LogP contribution in [0.2, 0.25) is 0 Å². The van der Waals surface area contributed by atoms with Crippen molar-refractivity contribution in [1.29, 1.82) is 0 Å². The monoisotopic (exact) mass is 376 g/mol. The first-order chi connectivity index (χ1) is 12.8. The lowest BCUT2D eigenvalue weighted by molar-refractivity contribution is -0.145. The second-order valence-corrected chi connectivity index (χ2v) is 7.27. The summed E-state index contributed by atoms with van der Waals surface area (Å²) in [5, 5.41) is 0. The van der Waals surface area contributed by atoms with Crippen molar-refractivity contribution >= 4 is 17.7 Å². The second-order valence-electron chi connectivity index (χ2n) is 7.27. The minimum Gasteiger partial charge on any atom is -0.466 e. The van der Waals surface area contributed by atoms with Gasteiger partial charge in [-0.2, -0.15) is 0 Å². The first-order valence-corrected chi connectivity index (χ1v) is 9.87. The molecule has 0 bridgehead atoms. The van der Waals surface area contributed by atoms with Gasteiger partial charge >= 0.3 is 5.97 Å². The Morgan fingerprint density at radius 1 is 1.07 bits per heavy atom. The van der Waals surface area contributed by atoms with E-state index in [0.717, 1.165) is 36.8 Å². The van der Waals surface area contributed by atoms with Gasteiger partial charge in [-0.1, -0.05) is 13.8 Å². The molecule has 0 aliphatic carbocycles. The molecule has 1 amide bonds. The minimum atomic E-state index is -0.309. The summed E-state index contributed by atoms with van der Waals surface area (Å²) in [4.78, 5) is 37.3. The molecular weight excluding hydrogens is 344 g/mol. The van der Waals surface area contributed by atoms with E-state index in [1.807, 2.05) is 18.7 Å². The van der Waals surface area contributed by atoms with Crippen molar-refractivity contribution in [2.45, 2.75) is 59.8 Å². The fourth-order valence-corrected chi connectivity index (χ4v) is 3.60. The van der Waals surface area contributed by atoms with E-state index in [4.69, 9.17) is 9.72 Å². The van der Waals surface area contributed by atoms with Crippen LogP contribution < -0.4 is 4.90 Å². The Labute approximate surface area is 162 Å². The van der Waals surface area contributed by atoms with Crippen LogP contribution in [0.1, 0.15) is 63.0 Å². The third-order valence-electron chi connectivity index (χ3n) is 4.80. The molecule has 150 valence electrons. The van der Waals surface area contributed by atoms with Gasteiger partial charge < -0.3 is 14.5 Å². The van der Waals surface area contributed by atoms with Crippen LogP contribution in [-0.4, -0.2) is 59.5 Å². The van der Waals surface area contributed by atoms with Crippen LogP contribution in [0.25, 0.3) is 0 Å². The van der Waals surface area contributed by atoms with Gasteiger partial charge in [-0.3, -0.25) is 9.59 Å².